The monoisotopic (exact) mass is 273 g/mol. The highest BCUT2D eigenvalue weighted by Gasteiger charge is 2.21. The number of aryl methyl sites for hydroxylation is 1. The number of carbonyl (C=O) groups excluding carboxylic acids is 1. The average Bonchev–Trinajstić information content (AvgIpc) is 2.70. The van der Waals surface area contributed by atoms with E-state index in [9.17, 15) is 4.79 Å². The molecule has 1 amide bonds. The lowest BCUT2D eigenvalue weighted by Crippen LogP contribution is -2.48. The summed E-state index contributed by atoms with van der Waals surface area (Å²) in [5.74, 6) is 0.281. The Hall–Kier alpha value is -1.39. The molecular weight excluding hydrogens is 250 g/mol. The van der Waals surface area contributed by atoms with Crippen LogP contribution in [0.25, 0.3) is 0 Å². The molecule has 3 rings (SSSR count). The standard InChI is InChI=1S/C16H23N3O/c20-16(13-18-10-7-17-8-11-18)19-9-3-6-14-4-1-2-5-15(14)12-19/h1-2,4-5,17H,3,6-13H2. The Morgan fingerprint density at radius 2 is 1.85 bits per heavy atom. The molecule has 1 fully saturated rings. The van der Waals surface area contributed by atoms with E-state index in [0.29, 0.717) is 6.54 Å². The van der Waals surface area contributed by atoms with Crippen LogP contribution in [-0.2, 0) is 17.8 Å². The van der Waals surface area contributed by atoms with E-state index in [2.05, 4.69) is 34.5 Å². The Balaban J connectivity index is 1.63. The highest BCUT2D eigenvalue weighted by atomic mass is 16.2. The van der Waals surface area contributed by atoms with Crippen molar-refractivity contribution in [3.63, 3.8) is 0 Å². The molecule has 108 valence electrons. The van der Waals surface area contributed by atoms with Crippen molar-refractivity contribution in [1.29, 1.82) is 0 Å². The molecule has 0 spiro atoms. The largest absolute Gasteiger partial charge is 0.337 e. The summed E-state index contributed by atoms with van der Waals surface area (Å²) >= 11 is 0. The number of hydrogen-bond donors (Lipinski definition) is 1. The number of nitrogens with one attached hydrogen (secondary N) is 1. The van der Waals surface area contributed by atoms with E-state index in [1.54, 1.807) is 0 Å². The quantitative estimate of drug-likeness (QED) is 0.868. The minimum atomic E-state index is 0.281. The molecule has 1 aromatic carbocycles. The van der Waals surface area contributed by atoms with Gasteiger partial charge in [-0.05, 0) is 24.0 Å². The van der Waals surface area contributed by atoms with Gasteiger partial charge in [0, 0.05) is 39.3 Å². The van der Waals surface area contributed by atoms with Crippen LogP contribution in [-0.4, -0.2) is 55.0 Å². The van der Waals surface area contributed by atoms with Gasteiger partial charge in [-0.15, -0.1) is 0 Å². The third-order valence-corrected chi connectivity index (χ3v) is 4.27. The fourth-order valence-electron chi connectivity index (χ4n) is 3.07. The van der Waals surface area contributed by atoms with Gasteiger partial charge in [0.15, 0.2) is 0 Å². The van der Waals surface area contributed by atoms with E-state index < -0.39 is 0 Å². The molecule has 2 aliphatic heterocycles. The molecule has 1 aromatic rings. The Morgan fingerprint density at radius 1 is 1.10 bits per heavy atom. The highest BCUT2D eigenvalue weighted by molar-refractivity contribution is 5.78. The number of nitrogens with zero attached hydrogens (tertiary/aromatic N) is 2. The van der Waals surface area contributed by atoms with Crippen molar-refractivity contribution in [2.24, 2.45) is 0 Å². The number of carbonyl (C=O) groups is 1. The Labute approximate surface area is 120 Å². The Bertz CT molecular complexity index is 469. The zero-order valence-corrected chi connectivity index (χ0v) is 12.0. The topological polar surface area (TPSA) is 35.6 Å². The molecular formula is C16H23N3O. The summed E-state index contributed by atoms with van der Waals surface area (Å²) in [7, 11) is 0. The van der Waals surface area contributed by atoms with Crippen LogP contribution in [0.1, 0.15) is 17.5 Å². The first-order valence-electron chi connectivity index (χ1n) is 7.60. The molecule has 0 unspecified atom stereocenters. The van der Waals surface area contributed by atoms with E-state index in [0.717, 1.165) is 52.1 Å². The van der Waals surface area contributed by atoms with Crippen LogP contribution < -0.4 is 5.32 Å². The normalized spacial score (nSPS) is 20.3. The number of rotatable bonds is 2. The minimum Gasteiger partial charge on any atom is -0.337 e. The van der Waals surface area contributed by atoms with Gasteiger partial charge < -0.3 is 10.2 Å². The second-order valence-corrected chi connectivity index (χ2v) is 5.71. The smallest absolute Gasteiger partial charge is 0.237 e. The maximum Gasteiger partial charge on any atom is 0.237 e. The lowest BCUT2D eigenvalue weighted by molar-refractivity contribution is -0.133. The van der Waals surface area contributed by atoms with E-state index in [1.165, 1.54) is 11.1 Å². The highest BCUT2D eigenvalue weighted by Crippen LogP contribution is 2.18. The van der Waals surface area contributed by atoms with Crippen molar-refractivity contribution in [1.82, 2.24) is 15.1 Å². The number of fused-ring (bicyclic) bond motifs is 1. The fraction of sp³-hybridized carbons (Fsp3) is 0.562. The van der Waals surface area contributed by atoms with E-state index in [-0.39, 0.29) is 5.91 Å². The van der Waals surface area contributed by atoms with Crippen LogP contribution in [0.4, 0.5) is 0 Å². The van der Waals surface area contributed by atoms with Crippen LogP contribution >= 0.6 is 0 Å². The van der Waals surface area contributed by atoms with Crippen LogP contribution in [0, 0.1) is 0 Å². The molecule has 0 bridgehead atoms. The molecule has 0 atom stereocenters. The van der Waals surface area contributed by atoms with Gasteiger partial charge in [0.2, 0.25) is 5.91 Å². The molecule has 2 aliphatic rings. The maximum atomic E-state index is 12.5. The minimum absolute atomic E-state index is 0.281. The number of amides is 1. The van der Waals surface area contributed by atoms with Crippen LogP contribution in [0.3, 0.4) is 0 Å². The van der Waals surface area contributed by atoms with Crippen molar-refractivity contribution in [2.75, 3.05) is 39.3 Å². The van der Waals surface area contributed by atoms with E-state index >= 15 is 0 Å². The van der Waals surface area contributed by atoms with Crippen LogP contribution in [0.2, 0.25) is 0 Å². The molecule has 4 nitrogen and oxygen atoms in total. The van der Waals surface area contributed by atoms with Gasteiger partial charge in [-0.1, -0.05) is 24.3 Å². The van der Waals surface area contributed by atoms with E-state index in [1.807, 2.05) is 4.90 Å². The van der Waals surface area contributed by atoms with Gasteiger partial charge in [0.1, 0.15) is 0 Å². The lowest BCUT2D eigenvalue weighted by atomic mass is 10.0. The third-order valence-electron chi connectivity index (χ3n) is 4.27. The lowest BCUT2D eigenvalue weighted by Gasteiger charge is -2.29. The summed E-state index contributed by atoms with van der Waals surface area (Å²) in [5, 5.41) is 3.32. The van der Waals surface area contributed by atoms with Gasteiger partial charge in [-0.3, -0.25) is 9.69 Å². The second kappa shape index (κ2) is 6.37. The molecule has 0 aliphatic carbocycles. The van der Waals surface area contributed by atoms with Gasteiger partial charge in [-0.25, -0.2) is 0 Å². The predicted molar refractivity (Wildman–Crippen MR) is 79.5 cm³/mol. The maximum absolute atomic E-state index is 12.5. The van der Waals surface area contributed by atoms with E-state index in [4.69, 9.17) is 0 Å². The zero-order valence-electron chi connectivity index (χ0n) is 12.0. The van der Waals surface area contributed by atoms with Crippen LogP contribution in [0.15, 0.2) is 24.3 Å². The predicted octanol–water partition coefficient (Wildman–Crippen LogP) is 0.867. The first-order chi connectivity index (χ1) is 9.83. The summed E-state index contributed by atoms with van der Waals surface area (Å²) in [4.78, 5) is 16.8. The van der Waals surface area contributed by atoms with Gasteiger partial charge in [0.25, 0.3) is 0 Å². The van der Waals surface area contributed by atoms with Gasteiger partial charge in [0.05, 0.1) is 6.54 Å². The molecule has 0 radical (unpaired) electrons. The molecule has 2 heterocycles. The molecule has 1 N–H and O–H groups in total. The molecule has 0 aromatic heterocycles. The van der Waals surface area contributed by atoms with Gasteiger partial charge >= 0.3 is 0 Å². The Kier molecular flexibility index (Phi) is 4.33. The number of benzene rings is 1. The summed E-state index contributed by atoms with van der Waals surface area (Å²) in [6.45, 7) is 6.20. The second-order valence-electron chi connectivity index (χ2n) is 5.71. The summed E-state index contributed by atoms with van der Waals surface area (Å²) in [6.07, 6.45) is 2.16. The molecule has 1 saturated heterocycles. The fourth-order valence-corrected chi connectivity index (χ4v) is 3.07. The summed E-state index contributed by atoms with van der Waals surface area (Å²) in [6, 6.07) is 8.52. The SMILES string of the molecule is O=C(CN1CCNCC1)N1CCCc2ccccc2C1. The third kappa shape index (κ3) is 3.19. The van der Waals surface area contributed by atoms with Gasteiger partial charge in [-0.2, -0.15) is 0 Å². The first-order valence-corrected chi connectivity index (χ1v) is 7.60. The molecule has 4 heteroatoms. The average molecular weight is 273 g/mol. The first kappa shape index (κ1) is 13.6. The zero-order chi connectivity index (χ0) is 13.8. The Morgan fingerprint density at radius 3 is 2.65 bits per heavy atom. The van der Waals surface area contributed by atoms with Crippen LogP contribution in [0.5, 0.6) is 0 Å². The van der Waals surface area contributed by atoms with Crippen molar-refractivity contribution < 1.29 is 4.79 Å². The number of piperazine rings is 1. The molecule has 0 saturated carbocycles. The molecule has 20 heavy (non-hydrogen) atoms. The number of hydrogen-bond acceptors (Lipinski definition) is 3. The summed E-state index contributed by atoms with van der Waals surface area (Å²) < 4.78 is 0. The van der Waals surface area contributed by atoms with Crippen molar-refractivity contribution in [2.45, 2.75) is 19.4 Å². The van der Waals surface area contributed by atoms with Crippen molar-refractivity contribution >= 4 is 5.91 Å². The summed E-state index contributed by atoms with van der Waals surface area (Å²) in [5.41, 5.74) is 2.73. The van der Waals surface area contributed by atoms with Crippen molar-refractivity contribution in [3.8, 4) is 0 Å². The van der Waals surface area contributed by atoms with Crippen molar-refractivity contribution in [3.05, 3.63) is 35.4 Å².